The van der Waals surface area contributed by atoms with Gasteiger partial charge in [-0.05, 0) is 30.4 Å². The van der Waals surface area contributed by atoms with Gasteiger partial charge in [0.05, 0.1) is 0 Å². The minimum Gasteiger partial charge on any atom is -0.347 e. The molecule has 0 spiro atoms. The van der Waals surface area contributed by atoms with Crippen LogP contribution in [0.4, 0.5) is 11.9 Å². The molecule has 0 unspecified atom stereocenters. The molecular weight excluding hydrogens is 262 g/mol. The molecule has 1 aromatic heterocycles. The quantitative estimate of drug-likeness (QED) is 0.850. The largest absolute Gasteiger partial charge is 0.347 e. The lowest BCUT2D eigenvalue weighted by atomic mass is 9.89. The van der Waals surface area contributed by atoms with E-state index in [-0.39, 0.29) is 5.28 Å². The van der Waals surface area contributed by atoms with Crippen LogP contribution in [0.1, 0.15) is 32.1 Å². The molecule has 2 rings (SSSR count). The fourth-order valence-corrected chi connectivity index (χ4v) is 2.69. The third-order valence-electron chi connectivity index (χ3n) is 3.58. The molecule has 1 aromatic rings. The van der Waals surface area contributed by atoms with Gasteiger partial charge in [-0.1, -0.05) is 19.3 Å². The second kappa shape index (κ2) is 6.37. The molecule has 106 valence electrons. The standard InChI is InChI=1S/C13H22ClN5/c1-18(2)12-15-11(14)16-13(17-12)19(3)9-10-7-5-4-6-8-10/h10H,4-9H2,1-3H3. The van der Waals surface area contributed by atoms with Gasteiger partial charge in [0.2, 0.25) is 17.2 Å². The first-order valence-electron chi connectivity index (χ1n) is 6.86. The van der Waals surface area contributed by atoms with E-state index in [9.17, 15) is 0 Å². The summed E-state index contributed by atoms with van der Waals surface area (Å²) in [4.78, 5) is 16.7. The monoisotopic (exact) mass is 283 g/mol. The fraction of sp³-hybridized carbons (Fsp3) is 0.769. The smallest absolute Gasteiger partial charge is 0.231 e. The van der Waals surface area contributed by atoms with Gasteiger partial charge in [0, 0.05) is 27.7 Å². The van der Waals surface area contributed by atoms with E-state index in [1.165, 1.54) is 32.1 Å². The molecule has 1 aliphatic rings. The fourth-order valence-electron chi connectivity index (χ4n) is 2.54. The van der Waals surface area contributed by atoms with Crippen LogP contribution in [0.5, 0.6) is 0 Å². The Hall–Kier alpha value is -1.10. The van der Waals surface area contributed by atoms with E-state index in [2.05, 4.69) is 19.9 Å². The van der Waals surface area contributed by atoms with Gasteiger partial charge in [0.1, 0.15) is 0 Å². The summed E-state index contributed by atoms with van der Waals surface area (Å²) < 4.78 is 0. The lowest BCUT2D eigenvalue weighted by Crippen LogP contribution is -2.29. The highest BCUT2D eigenvalue weighted by molar-refractivity contribution is 6.28. The third-order valence-corrected chi connectivity index (χ3v) is 3.75. The van der Waals surface area contributed by atoms with Crippen molar-refractivity contribution in [1.29, 1.82) is 0 Å². The minimum absolute atomic E-state index is 0.254. The van der Waals surface area contributed by atoms with Gasteiger partial charge in [-0.2, -0.15) is 15.0 Å². The number of nitrogens with zero attached hydrogens (tertiary/aromatic N) is 5. The molecule has 6 heteroatoms. The zero-order chi connectivity index (χ0) is 13.8. The molecule has 0 amide bonds. The van der Waals surface area contributed by atoms with Crippen molar-refractivity contribution in [2.24, 2.45) is 5.92 Å². The van der Waals surface area contributed by atoms with Crippen LogP contribution in [0.2, 0.25) is 5.28 Å². The summed E-state index contributed by atoms with van der Waals surface area (Å²) in [5.41, 5.74) is 0. The minimum atomic E-state index is 0.254. The second-order valence-electron chi connectivity index (χ2n) is 5.48. The van der Waals surface area contributed by atoms with Crippen LogP contribution >= 0.6 is 11.6 Å². The highest BCUT2D eigenvalue weighted by Gasteiger charge is 2.18. The summed E-state index contributed by atoms with van der Waals surface area (Å²) in [5.74, 6) is 2.01. The third kappa shape index (κ3) is 3.93. The van der Waals surface area contributed by atoms with Crippen LogP contribution in [-0.4, -0.2) is 42.6 Å². The summed E-state index contributed by atoms with van der Waals surface area (Å²) in [7, 11) is 5.83. The van der Waals surface area contributed by atoms with E-state index in [1.807, 2.05) is 26.0 Å². The van der Waals surface area contributed by atoms with Gasteiger partial charge in [-0.25, -0.2) is 0 Å². The zero-order valence-electron chi connectivity index (χ0n) is 11.9. The lowest BCUT2D eigenvalue weighted by molar-refractivity contribution is 0.361. The molecule has 0 aliphatic heterocycles. The number of anilines is 2. The van der Waals surface area contributed by atoms with Crippen molar-refractivity contribution in [3.05, 3.63) is 5.28 Å². The Morgan fingerprint density at radius 1 is 1.00 bits per heavy atom. The Bertz CT molecular complexity index is 417. The van der Waals surface area contributed by atoms with E-state index in [0.29, 0.717) is 11.9 Å². The van der Waals surface area contributed by atoms with Crippen molar-refractivity contribution in [1.82, 2.24) is 15.0 Å². The lowest BCUT2D eigenvalue weighted by Gasteiger charge is -2.27. The van der Waals surface area contributed by atoms with Crippen LogP contribution in [0.15, 0.2) is 0 Å². The summed E-state index contributed by atoms with van der Waals surface area (Å²) in [5, 5.41) is 0.254. The van der Waals surface area contributed by atoms with E-state index in [4.69, 9.17) is 11.6 Å². The summed E-state index contributed by atoms with van der Waals surface area (Å²) in [6.07, 6.45) is 6.69. The van der Waals surface area contributed by atoms with Crippen LogP contribution in [0.3, 0.4) is 0 Å². The SMILES string of the molecule is CN(C)c1nc(Cl)nc(N(C)CC2CCCCC2)n1. The second-order valence-corrected chi connectivity index (χ2v) is 5.82. The van der Waals surface area contributed by atoms with Crippen LogP contribution < -0.4 is 9.80 Å². The summed E-state index contributed by atoms with van der Waals surface area (Å²) in [6.45, 7) is 0.993. The average Bonchev–Trinajstić information content (AvgIpc) is 2.39. The number of aromatic nitrogens is 3. The van der Waals surface area contributed by atoms with Gasteiger partial charge in [0.15, 0.2) is 0 Å². The highest BCUT2D eigenvalue weighted by atomic mass is 35.5. The van der Waals surface area contributed by atoms with Crippen LogP contribution in [0.25, 0.3) is 0 Å². The zero-order valence-corrected chi connectivity index (χ0v) is 12.7. The maximum absolute atomic E-state index is 5.97. The number of halogens is 1. The van der Waals surface area contributed by atoms with Crippen molar-refractivity contribution < 1.29 is 0 Å². The maximum atomic E-state index is 5.97. The first kappa shape index (κ1) is 14.3. The van der Waals surface area contributed by atoms with Crippen molar-refractivity contribution in [3.8, 4) is 0 Å². The van der Waals surface area contributed by atoms with Crippen LogP contribution in [-0.2, 0) is 0 Å². The Labute approximate surface area is 120 Å². The van der Waals surface area contributed by atoms with Crippen molar-refractivity contribution in [2.45, 2.75) is 32.1 Å². The topological polar surface area (TPSA) is 45.2 Å². The number of hydrogen-bond donors (Lipinski definition) is 0. The van der Waals surface area contributed by atoms with E-state index in [1.54, 1.807) is 0 Å². The van der Waals surface area contributed by atoms with Gasteiger partial charge in [-0.3, -0.25) is 0 Å². The molecule has 19 heavy (non-hydrogen) atoms. The average molecular weight is 284 g/mol. The molecule has 0 N–H and O–H groups in total. The Morgan fingerprint density at radius 2 is 1.63 bits per heavy atom. The molecule has 1 aliphatic carbocycles. The Kier molecular flexibility index (Phi) is 4.80. The maximum Gasteiger partial charge on any atom is 0.231 e. The predicted molar refractivity (Wildman–Crippen MR) is 79.0 cm³/mol. The van der Waals surface area contributed by atoms with Gasteiger partial charge >= 0.3 is 0 Å². The van der Waals surface area contributed by atoms with Crippen LogP contribution in [0, 0.1) is 5.92 Å². The predicted octanol–water partition coefficient (Wildman–Crippen LogP) is 2.61. The first-order chi connectivity index (χ1) is 9.06. The number of rotatable bonds is 4. The molecule has 0 atom stereocenters. The molecule has 5 nitrogen and oxygen atoms in total. The highest BCUT2D eigenvalue weighted by Crippen LogP contribution is 2.25. The normalized spacial score (nSPS) is 16.4. The Morgan fingerprint density at radius 3 is 2.26 bits per heavy atom. The van der Waals surface area contributed by atoms with E-state index in [0.717, 1.165) is 12.5 Å². The first-order valence-corrected chi connectivity index (χ1v) is 7.24. The molecular formula is C13H22ClN5. The molecule has 1 fully saturated rings. The van der Waals surface area contributed by atoms with E-state index < -0.39 is 0 Å². The van der Waals surface area contributed by atoms with Crippen molar-refractivity contribution >= 4 is 23.5 Å². The molecule has 0 aromatic carbocycles. The van der Waals surface area contributed by atoms with Gasteiger partial charge in [-0.15, -0.1) is 0 Å². The number of hydrogen-bond acceptors (Lipinski definition) is 5. The summed E-state index contributed by atoms with van der Waals surface area (Å²) >= 11 is 5.97. The molecule has 0 saturated heterocycles. The van der Waals surface area contributed by atoms with Gasteiger partial charge < -0.3 is 9.80 Å². The molecule has 0 bridgehead atoms. The Balaban J connectivity index is 2.07. The van der Waals surface area contributed by atoms with Crippen molar-refractivity contribution in [3.63, 3.8) is 0 Å². The summed E-state index contributed by atoms with van der Waals surface area (Å²) in [6, 6.07) is 0. The molecule has 1 saturated carbocycles. The molecule has 0 radical (unpaired) electrons. The van der Waals surface area contributed by atoms with Gasteiger partial charge in [0.25, 0.3) is 0 Å². The molecule has 1 heterocycles. The van der Waals surface area contributed by atoms with Crippen molar-refractivity contribution in [2.75, 3.05) is 37.5 Å². The van der Waals surface area contributed by atoms with E-state index >= 15 is 0 Å².